The van der Waals surface area contributed by atoms with Crippen LogP contribution in [0.2, 0.25) is 0 Å². The van der Waals surface area contributed by atoms with Crippen molar-refractivity contribution in [1.82, 2.24) is 19.8 Å². The summed E-state index contributed by atoms with van der Waals surface area (Å²) in [5, 5.41) is 3.13. The second-order valence-corrected chi connectivity index (χ2v) is 5.05. The highest BCUT2D eigenvalue weighted by molar-refractivity contribution is 4.96. The molecule has 1 aromatic rings. The molecule has 1 aliphatic heterocycles. The average molecular weight is 236 g/mol. The molecule has 1 unspecified atom stereocenters. The first-order valence-corrected chi connectivity index (χ1v) is 6.65. The standard InChI is InChI=1S/C13H24N4/c1-14-9-12-10-17(11-15-12)8-6-13-5-3-4-7-16(13)2/h10-11,13-14H,3-9H2,1-2H3. The minimum atomic E-state index is 0.763. The van der Waals surface area contributed by atoms with E-state index in [4.69, 9.17) is 0 Å². The van der Waals surface area contributed by atoms with Crippen LogP contribution in [0.4, 0.5) is 0 Å². The van der Waals surface area contributed by atoms with E-state index in [1.807, 2.05) is 13.4 Å². The molecule has 17 heavy (non-hydrogen) atoms. The van der Waals surface area contributed by atoms with Crippen molar-refractivity contribution in [3.05, 3.63) is 18.2 Å². The fourth-order valence-electron chi connectivity index (χ4n) is 2.61. The van der Waals surface area contributed by atoms with Gasteiger partial charge in [-0.1, -0.05) is 6.42 Å². The molecule has 0 saturated carbocycles. The molecule has 0 spiro atoms. The van der Waals surface area contributed by atoms with Crippen LogP contribution in [0.3, 0.4) is 0 Å². The fourth-order valence-corrected chi connectivity index (χ4v) is 2.61. The maximum absolute atomic E-state index is 4.38. The van der Waals surface area contributed by atoms with Crippen LogP contribution < -0.4 is 5.32 Å². The zero-order valence-corrected chi connectivity index (χ0v) is 11.0. The highest BCUT2D eigenvalue weighted by Crippen LogP contribution is 2.18. The highest BCUT2D eigenvalue weighted by Gasteiger charge is 2.18. The van der Waals surface area contributed by atoms with Gasteiger partial charge in [0.05, 0.1) is 12.0 Å². The van der Waals surface area contributed by atoms with E-state index >= 15 is 0 Å². The van der Waals surface area contributed by atoms with E-state index in [2.05, 4.69) is 33.0 Å². The van der Waals surface area contributed by atoms with E-state index < -0.39 is 0 Å². The largest absolute Gasteiger partial charge is 0.337 e. The van der Waals surface area contributed by atoms with E-state index in [9.17, 15) is 0 Å². The number of hydrogen-bond donors (Lipinski definition) is 1. The molecule has 1 atom stereocenters. The van der Waals surface area contributed by atoms with Crippen molar-refractivity contribution >= 4 is 0 Å². The Kier molecular flexibility index (Phi) is 4.57. The van der Waals surface area contributed by atoms with Crippen LogP contribution in [0.25, 0.3) is 0 Å². The van der Waals surface area contributed by atoms with Crippen molar-refractivity contribution in [3.63, 3.8) is 0 Å². The summed E-state index contributed by atoms with van der Waals surface area (Å²) in [5.74, 6) is 0. The number of nitrogens with zero attached hydrogens (tertiary/aromatic N) is 3. The van der Waals surface area contributed by atoms with E-state index in [-0.39, 0.29) is 0 Å². The van der Waals surface area contributed by atoms with Gasteiger partial charge in [-0.15, -0.1) is 0 Å². The van der Waals surface area contributed by atoms with Gasteiger partial charge >= 0.3 is 0 Å². The summed E-state index contributed by atoms with van der Waals surface area (Å²) in [6.07, 6.45) is 9.46. The Labute approximate surface area is 104 Å². The maximum atomic E-state index is 4.38. The van der Waals surface area contributed by atoms with Crippen molar-refractivity contribution in [2.75, 3.05) is 20.6 Å². The van der Waals surface area contributed by atoms with Gasteiger partial charge in [0, 0.05) is 25.3 Å². The van der Waals surface area contributed by atoms with Crippen LogP contribution >= 0.6 is 0 Å². The second kappa shape index (κ2) is 6.17. The number of aryl methyl sites for hydroxylation is 1. The number of hydrogen-bond acceptors (Lipinski definition) is 3. The summed E-state index contributed by atoms with van der Waals surface area (Å²) in [6, 6.07) is 0.763. The van der Waals surface area contributed by atoms with E-state index in [1.165, 1.54) is 32.2 Å². The molecular formula is C13H24N4. The minimum Gasteiger partial charge on any atom is -0.337 e. The lowest BCUT2D eigenvalue weighted by atomic mass is 10.0. The summed E-state index contributed by atoms with van der Waals surface area (Å²) >= 11 is 0. The first-order valence-electron chi connectivity index (χ1n) is 6.65. The lowest BCUT2D eigenvalue weighted by Crippen LogP contribution is -2.36. The van der Waals surface area contributed by atoms with Crippen molar-refractivity contribution in [3.8, 4) is 0 Å². The summed E-state index contributed by atoms with van der Waals surface area (Å²) in [4.78, 5) is 6.88. The summed E-state index contributed by atoms with van der Waals surface area (Å²) < 4.78 is 2.22. The molecule has 4 heteroatoms. The molecule has 0 aromatic carbocycles. The molecule has 1 saturated heterocycles. The molecule has 0 amide bonds. The average Bonchev–Trinajstić information content (AvgIpc) is 2.76. The van der Waals surface area contributed by atoms with Crippen LogP contribution in [-0.4, -0.2) is 41.1 Å². The van der Waals surface area contributed by atoms with E-state index in [1.54, 1.807) is 0 Å². The van der Waals surface area contributed by atoms with Gasteiger partial charge in [-0.2, -0.15) is 0 Å². The van der Waals surface area contributed by atoms with Gasteiger partial charge in [-0.05, 0) is 39.9 Å². The molecule has 0 radical (unpaired) electrons. The molecule has 1 aliphatic rings. The van der Waals surface area contributed by atoms with Gasteiger partial charge in [-0.3, -0.25) is 0 Å². The Morgan fingerprint density at radius 3 is 3.12 bits per heavy atom. The van der Waals surface area contributed by atoms with Crippen LogP contribution in [0.15, 0.2) is 12.5 Å². The molecule has 2 rings (SSSR count). The number of imidazole rings is 1. The Morgan fingerprint density at radius 2 is 2.35 bits per heavy atom. The Balaban J connectivity index is 1.79. The van der Waals surface area contributed by atoms with Gasteiger partial charge < -0.3 is 14.8 Å². The number of aromatic nitrogens is 2. The Hall–Kier alpha value is -0.870. The van der Waals surface area contributed by atoms with Crippen LogP contribution in [0.5, 0.6) is 0 Å². The maximum Gasteiger partial charge on any atom is 0.0949 e. The molecule has 0 aliphatic carbocycles. The number of piperidine rings is 1. The third-order valence-corrected chi connectivity index (χ3v) is 3.69. The van der Waals surface area contributed by atoms with Gasteiger partial charge in [0.1, 0.15) is 0 Å². The normalized spacial score (nSPS) is 21.9. The summed E-state index contributed by atoms with van der Waals surface area (Å²) in [5.41, 5.74) is 1.13. The number of nitrogens with one attached hydrogen (secondary N) is 1. The lowest BCUT2D eigenvalue weighted by Gasteiger charge is -2.32. The summed E-state index contributed by atoms with van der Waals surface area (Å²) in [7, 11) is 4.21. The van der Waals surface area contributed by atoms with E-state index in [0.717, 1.165) is 24.8 Å². The first-order chi connectivity index (χ1) is 8.29. The highest BCUT2D eigenvalue weighted by atomic mass is 15.1. The molecule has 96 valence electrons. The zero-order valence-electron chi connectivity index (χ0n) is 11.0. The minimum absolute atomic E-state index is 0.763. The van der Waals surface area contributed by atoms with Crippen molar-refractivity contribution in [2.45, 2.75) is 44.8 Å². The molecule has 1 aromatic heterocycles. The fraction of sp³-hybridized carbons (Fsp3) is 0.769. The Bertz CT molecular complexity index is 334. The van der Waals surface area contributed by atoms with Crippen LogP contribution in [0.1, 0.15) is 31.4 Å². The molecule has 4 nitrogen and oxygen atoms in total. The van der Waals surface area contributed by atoms with Gasteiger partial charge in [0.15, 0.2) is 0 Å². The number of likely N-dealkylation sites (tertiary alicyclic amines) is 1. The summed E-state index contributed by atoms with van der Waals surface area (Å²) in [6.45, 7) is 3.21. The van der Waals surface area contributed by atoms with E-state index in [0.29, 0.717) is 0 Å². The Morgan fingerprint density at radius 1 is 1.47 bits per heavy atom. The zero-order chi connectivity index (χ0) is 12.1. The first kappa shape index (κ1) is 12.6. The van der Waals surface area contributed by atoms with Crippen LogP contribution in [0, 0.1) is 0 Å². The van der Waals surface area contributed by atoms with Crippen molar-refractivity contribution < 1.29 is 0 Å². The monoisotopic (exact) mass is 236 g/mol. The third-order valence-electron chi connectivity index (χ3n) is 3.69. The second-order valence-electron chi connectivity index (χ2n) is 5.05. The molecule has 1 N–H and O–H groups in total. The van der Waals surface area contributed by atoms with Gasteiger partial charge in [0.2, 0.25) is 0 Å². The molecule has 1 fully saturated rings. The molecule has 2 heterocycles. The molecular weight excluding hydrogens is 212 g/mol. The topological polar surface area (TPSA) is 33.1 Å². The number of rotatable bonds is 5. The predicted molar refractivity (Wildman–Crippen MR) is 69.9 cm³/mol. The van der Waals surface area contributed by atoms with Gasteiger partial charge in [-0.25, -0.2) is 4.98 Å². The third kappa shape index (κ3) is 3.54. The van der Waals surface area contributed by atoms with Crippen molar-refractivity contribution in [2.24, 2.45) is 0 Å². The molecule has 0 bridgehead atoms. The van der Waals surface area contributed by atoms with Gasteiger partial charge in [0.25, 0.3) is 0 Å². The quantitative estimate of drug-likeness (QED) is 0.840. The predicted octanol–water partition coefficient (Wildman–Crippen LogP) is 1.48. The smallest absolute Gasteiger partial charge is 0.0949 e. The SMILES string of the molecule is CNCc1cn(CCC2CCCCN2C)cn1. The lowest BCUT2D eigenvalue weighted by molar-refractivity contribution is 0.171. The van der Waals surface area contributed by atoms with Crippen molar-refractivity contribution in [1.29, 1.82) is 0 Å². The van der Waals surface area contributed by atoms with Crippen LogP contribution in [-0.2, 0) is 13.1 Å².